The molecule has 0 radical (unpaired) electrons. The van der Waals surface area contributed by atoms with E-state index in [2.05, 4.69) is 40.3 Å². The number of para-hydroxylation sites is 1. The van der Waals surface area contributed by atoms with Gasteiger partial charge in [-0.2, -0.15) is 0 Å². The first kappa shape index (κ1) is 21.8. The number of hydrogen-bond donors (Lipinski definition) is 0. The Morgan fingerprint density at radius 1 is 0.714 bits per heavy atom. The quantitative estimate of drug-likeness (QED) is 0.243. The first-order valence-electron chi connectivity index (χ1n) is 12.1. The van der Waals surface area contributed by atoms with E-state index in [1.165, 1.54) is 46.7 Å². The third kappa shape index (κ3) is 4.26. The summed E-state index contributed by atoms with van der Waals surface area (Å²) < 4.78 is 0. The van der Waals surface area contributed by atoms with Gasteiger partial charge < -0.3 is 0 Å². The highest BCUT2D eigenvalue weighted by atomic mass is 35.5. The lowest BCUT2D eigenvalue weighted by atomic mass is 9.79. The van der Waals surface area contributed by atoms with E-state index in [4.69, 9.17) is 11.6 Å². The second kappa shape index (κ2) is 9.48. The van der Waals surface area contributed by atoms with Gasteiger partial charge in [-0.15, -0.1) is 0 Å². The topological polar surface area (TPSA) is 25.8 Å². The fourth-order valence-electron chi connectivity index (χ4n) is 5.14. The van der Waals surface area contributed by atoms with Crippen LogP contribution in [0.2, 0.25) is 5.02 Å². The predicted octanol–water partition coefficient (Wildman–Crippen LogP) is 8.84. The van der Waals surface area contributed by atoms with Gasteiger partial charge in [-0.1, -0.05) is 102 Å². The number of aryl methyl sites for hydroxylation is 1. The number of hydrogen-bond acceptors (Lipinski definition) is 2. The monoisotopic (exact) mass is 472 g/mol. The Morgan fingerprint density at radius 2 is 1.54 bits per heavy atom. The summed E-state index contributed by atoms with van der Waals surface area (Å²) in [4.78, 5) is 8.90. The summed E-state index contributed by atoms with van der Waals surface area (Å²) in [5.74, 6) is 0.777. The minimum absolute atomic E-state index is 0.777. The van der Waals surface area contributed by atoms with Gasteiger partial charge in [-0.25, -0.2) is 9.97 Å². The molecule has 0 atom stereocenters. The van der Waals surface area contributed by atoms with Gasteiger partial charge >= 0.3 is 0 Å². The molecule has 7 rings (SSSR count). The van der Waals surface area contributed by atoms with Crippen molar-refractivity contribution in [2.45, 2.75) is 25.7 Å². The molecule has 1 heterocycles. The number of rotatable bonds is 1. The first-order valence-corrected chi connectivity index (χ1v) is 12.5. The van der Waals surface area contributed by atoms with E-state index in [1.54, 1.807) is 5.57 Å². The van der Waals surface area contributed by atoms with Crippen molar-refractivity contribution in [2.24, 2.45) is 0 Å². The Morgan fingerprint density at radius 3 is 2.46 bits per heavy atom. The van der Waals surface area contributed by atoms with E-state index < -0.39 is 0 Å². The third-order valence-electron chi connectivity index (χ3n) is 6.87. The molecule has 0 fully saturated rings. The van der Waals surface area contributed by atoms with Crippen LogP contribution in [0.4, 0.5) is 0 Å². The van der Waals surface area contributed by atoms with Gasteiger partial charge in [0.1, 0.15) is 0 Å². The van der Waals surface area contributed by atoms with Crippen LogP contribution in [0.3, 0.4) is 0 Å². The Kier molecular flexibility index (Phi) is 5.89. The van der Waals surface area contributed by atoms with Gasteiger partial charge in [0.25, 0.3) is 0 Å². The molecular formula is C32H25ClN2. The van der Waals surface area contributed by atoms with E-state index in [0.29, 0.717) is 0 Å². The minimum atomic E-state index is 0.777. The number of benzene rings is 4. The molecule has 3 heteroatoms. The summed E-state index contributed by atoms with van der Waals surface area (Å²) in [6.45, 7) is 0. The Labute approximate surface area is 210 Å². The summed E-state index contributed by atoms with van der Waals surface area (Å²) in [5.41, 5.74) is 7.95. The van der Waals surface area contributed by atoms with Gasteiger partial charge in [0.05, 0.1) is 5.52 Å². The zero-order chi connectivity index (χ0) is 23.6. The van der Waals surface area contributed by atoms with Crippen molar-refractivity contribution in [1.29, 1.82) is 0 Å². The average molecular weight is 473 g/mol. The molecule has 1 aromatic heterocycles. The van der Waals surface area contributed by atoms with Gasteiger partial charge in [0, 0.05) is 27.6 Å². The van der Waals surface area contributed by atoms with Crippen molar-refractivity contribution < 1.29 is 0 Å². The summed E-state index contributed by atoms with van der Waals surface area (Å²) in [6, 6.07) is 28.7. The normalized spacial score (nSPS) is 14.3. The molecule has 4 aromatic carbocycles. The molecule has 0 saturated carbocycles. The van der Waals surface area contributed by atoms with Gasteiger partial charge in [0.2, 0.25) is 0 Å². The maximum atomic E-state index is 6.44. The van der Waals surface area contributed by atoms with Gasteiger partial charge in [0.15, 0.2) is 5.82 Å². The first-order chi connectivity index (χ1) is 17.3. The van der Waals surface area contributed by atoms with Crippen LogP contribution in [0.1, 0.15) is 30.4 Å². The smallest absolute Gasteiger partial charge is 0.159 e. The molecule has 2 aliphatic rings. The van der Waals surface area contributed by atoms with Crippen molar-refractivity contribution in [1.82, 2.24) is 9.97 Å². The summed E-state index contributed by atoms with van der Waals surface area (Å²) in [5, 5.41) is 4.47. The zero-order valence-corrected chi connectivity index (χ0v) is 20.2. The van der Waals surface area contributed by atoms with Crippen molar-refractivity contribution >= 4 is 38.8 Å². The lowest BCUT2D eigenvalue weighted by Gasteiger charge is -2.25. The number of aromatic nitrogens is 2. The van der Waals surface area contributed by atoms with E-state index in [1.807, 2.05) is 72.9 Å². The van der Waals surface area contributed by atoms with E-state index >= 15 is 0 Å². The van der Waals surface area contributed by atoms with Crippen LogP contribution in [0.15, 0.2) is 109 Å². The van der Waals surface area contributed by atoms with Crippen LogP contribution in [-0.4, -0.2) is 9.97 Å². The Hall–Kier alpha value is -3.75. The largest absolute Gasteiger partial charge is 0.236 e. The van der Waals surface area contributed by atoms with Crippen molar-refractivity contribution in [3.63, 3.8) is 0 Å². The zero-order valence-electron chi connectivity index (χ0n) is 19.4. The van der Waals surface area contributed by atoms with E-state index in [9.17, 15) is 0 Å². The molecule has 5 aromatic rings. The van der Waals surface area contributed by atoms with E-state index in [-0.39, 0.29) is 0 Å². The highest BCUT2D eigenvalue weighted by Gasteiger charge is 2.21. The van der Waals surface area contributed by atoms with E-state index in [0.717, 1.165) is 33.7 Å². The number of allylic oxidation sites excluding steroid dienone is 4. The molecule has 35 heavy (non-hydrogen) atoms. The Bertz CT molecular complexity index is 1600. The van der Waals surface area contributed by atoms with Crippen LogP contribution < -0.4 is 0 Å². The van der Waals surface area contributed by atoms with Crippen molar-refractivity contribution in [3.8, 4) is 11.4 Å². The average Bonchev–Trinajstić information content (AvgIpc) is 2.93. The molecule has 0 spiro atoms. The second-order valence-corrected chi connectivity index (χ2v) is 9.41. The highest BCUT2D eigenvalue weighted by Crippen LogP contribution is 2.41. The molecule has 0 N–H and O–H groups in total. The van der Waals surface area contributed by atoms with Crippen LogP contribution in [0, 0.1) is 0 Å². The van der Waals surface area contributed by atoms with Crippen LogP contribution >= 0.6 is 11.6 Å². The minimum Gasteiger partial charge on any atom is -0.236 e. The molecular weight excluding hydrogens is 448 g/mol. The standard InChI is InChI=1S/C18H15Cl.C14H10N2/c19-17-7-3-5-13-9-10-15-14-6-2-1-4-12(14)8-11-16(15)18(13)17;1-2-6-11(7-3-1)14-15-10-12-8-4-5-9-13(12)16-14/h2-3,5-7,9-10H,1,4,8,11H2;1-10H. The van der Waals surface area contributed by atoms with Gasteiger partial charge in [-0.3, -0.25) is 0 Å². The molecule has 0 bridgehead atoms. The van der Waals surface area contributed by atoms with Crippen LogP contribution in [-0.2, 0) is 6.42 Å². The molecule has 2 aliphatic carbocycles. The SMILES string of the molecule is Clc1cccc2ccc3c(c12)CCC1=C3C=CCC1.c1ccc(-c2ncc3ccccc3n2)cc1. The fraction of sp³-hybridized carbons (Fsp3) is 0.125. The van der Waals surface area contributed by atoms with Crippen molar-refractivity contribution in [2.75, 3.05) is 0 Å². The maximum absolute atomic E-state index is 6.44. The van der Waals surface area contributed by atoms with Crippen molar-refractivity contribution in [3.05, 3.63) is 125 Å². The third-order valence-corrected chi connectivity index (χ3v) is 7.18. The fourth-order valence-corrected chi connectivity index (χ4v) is 5.44. The molecule has 0 amide bonds. The summed E-state index contributed by atoms with van der Waals surface area (Å²) >= 11 is 6.44. The Balaban J connectivity index is 0.000000133. The highest BCUT2D eigenvalue weighted by molar-refractivity contribution is 6.36. The second-order valence-electron chi connectivity index (χ2n) is 9.01. The maximum Gasteiger partial charge on any atom is 0.159 e. The number of halogens is 1. The lowest BCUT2D eigenvalue weighted by Crippen LogP contribution is -2.07. The number of fused-ring (bicyclic) bond motifs is 5. The number of nitrogens with zero attached hydrogens (tertiary/aromatic N) is 2. The molecule has 170 valence electrons. The van der Waals surface area contributed by atoms with Crippen LogP contribution in [0.5, 0.6) is 0 Å². The summed E-state index contributed by atoms with van der Waals surface area (Å²) in [6.07, 6.45) is 11.2. The summed E-state index contributed by atoms with van der Waals surface area (Å²) in [7, 11) is 0. The molecule has 2 nitrogen and oxygen atoms in total. The predicted molar refractivity (Wildman–Crippen MR) is 148 cm³/mol. The van der Waals surface area contributed by atoms with Crippen LogP contribution in [0.25, 0.3) is 38.6 Å². The molecule has 0 aliphatic heterocycles. The molecule has 0 saturated heterocycles. The lowest BCUT2D eigenvalue weighted by molar-refractivity contribution is 0.831. The molecule has 0 unspecified atom stereocenters. The van der Waals surface area contributed by atoms with Gasteiger partial charge in [-0.05, 0) is 59.9 Å².